The highest BCUT2D eigenvalue weighted by Crippen LogP contribution is 2.17. The molecule has 0 aliphatic carbocycles. The highest BCUT2D eigenvalue weighted by molar-refractivity contribution is 6.04. The largest absolute Gasteiger partial charge is 0.494 e. The molecule has 1 fully saturated rings. The van der Waals surface area contributed by atoms with Gasteiger partial charge < -0.3 is 19.7 Å². The van der Waals surface area contributed by atoms with E-state index in [1.54, 1.807) is 47.4 Å². The lowest BCUT2D eigenvalue weighted by atomic mass is 10.1. The van der Waals surface area contributed by atoms with E-state index in [2.05, 4.69) is 12.2 Å². The van der Waals surface area contributed by atoms with Crippen molar-refractivity contribution < 1.29 is 19.1 Å². The van der Waals surface area contributed by atoms with Crippen molar-refractivity contribution in [3.8, 4) is 5.75 Å². The molecule has 2 amide bonds. The number of morpholine rings is 1. The van der Waals surface area contributed by atoms with Gasteiger partial charge in [-0.1, -0.05) is 19.4 Å². The number of amides is 2. The molecule has 1 aliphatic heterocycles. The summed E-state index contributed by atoms with van der Waals surface area (Å²) < 4.78 is 10.9. The summed E-state index contributed by atoms with van der Waals surface area (Å²) in [5.74, 6) is 0.457. The summed E-state index contributed by atoms with van der Waals surface area (Å²) in [5, 5.41) is 2.86. The molecule has 0 atom stereocenters. The fourth-order valence-corrected chi connectivity index (χ4v) is 2.91. The van der Waals surface area contributed by atoms with E-state index in [1.165, 1.54) is 0 Å². The summed E-state index contributed by atoms with van der Waals surface area (Å²) in [6, 6.07) is 14.1. The molecule has 0 unspecified atom stereocenters. The number of unbranched alkanes of at least 4 members (excludes halogenated alkanes) is 1. The van der Waals surface area contributed by atoms with Crippen LogP contribution in [0.1, 0.15) is 40.5 Å². The zero-order chi connectivity index (χ0) is 19.8. The van der Waals surface area contributed by atoms with E-state index in [0.717, 1.165) is 12.8 Å². The lowest BCUT2D eigenvalue weighted by molar-refractivity contribution is 0.0303. The highest BCUT2D eigenvalue weighted by Gasteiger charge is 2.18. The van der Waals surface area contributed by atoms with Gasteiger partial charge in [0.1, 0.15) is 5.75 Å². The third kappa shape index (κ3) is 5.33. The number of carbonyl (C=O) groups excluding carboxylic acids is 2. The Morgan fingerprint density at radius 1 is 1.07 bits per heavy atom. The molecule has 148 valence electrons. The first-order valence-corrected chi connectivity index (χ1v) is 9.68. The van der Waals surface area contributed by atoms with Crippen molar-refractivity contribution in [3.63, 3.8) is 0 Å². The summed E-state index contributed by atoms with van der Waals surface area (Å²) in [4.78, 5) is 26.8. The molecule has 0 radical (unpaired) electrons. The molecule has 0 bridgehead atoms. The van der Waals surface area contributed by atoms with Gasteiger partial charge in [-0.25, -0.2) is 0 Å². The van der Waals surface area contributed by atoms with Crippen LogP contribution in [0.5, 0.6) is 5.75 Å². The average Bonchev–Trinajstić information content (AvgIpc) is 2.75. The summed E-state index contributed by atoms with van der Waals surface area (Å²) in [6.45, 7) is 5.09. The van der Waals surface area contributed by atoms with Gasteiger partial charge in [0.05, 0.1) is 19.8 Å². The minimum absolute atomic E-state index is 0.0156. The minimum Gasteiger partial charge on any atom is -0.494 e. The Morgan fingerprint density at radius 2 is 1.82 bits per heavy atom. The second-order valence-corrected chi connectivity index (χ2v) is 6.67. The number of hydrogen-bond acceptors (Lipinski definition) is 4. The maximum absolute atomic E-state index is 12.5. The average molecular weight is 382 g/mol. The van der Waals surface area contributed by atoms with Crippen LogP contribution in [0.25, 0.3) is 0 Å². The smallest absolute Gasteiger partial charge is 0.255 e. The van der Waals surface area contributed by atoms with Gasteiger partial charge in [-0.05, 0) is 48.9 Å². The van der Waals surface area contributed by atoms with Gasteiger partial charge in [-0.15, -0.1) is 0 Å². The van der Waals surface area contributed by atoms with Crippen LogP contribution >= 0.6 is 0 Å². The molecule has 0 spiro atoms. The van der Waals surface area contributed by atoms with Crippen LogP contribution in [0.2, 0.25) is 0 Å². The number of rotatable bonds is 7. The van der Waals surface area contributed by atoms with Crippen molar-refractivity contribution in [3.05, 3.63) is 59.7 Å². The zero-order valence-electron chi connectivity index (χ0n) is 16.1. The second-order valence-electron chi connectivity index (χ2n) is 6.67. The predicted octanol–water partition coefficient (Wildman–Crippen LogP) is 3.59. The first kappa shape index (κ1) is 19.9. The van der Waals surface area contributed by atoms with Crippen LogP contribution in [0.4, 0.5) is 5.69 Å². The van der Waals surface area contributed by atoms with Crippen molar-refractivity contribution in [2.75, 3.05) is 38.2 Å². The lowest BCUT2D eigenvalue weighted by Crippen LogP contribution is -2.40. The van der Waals surface area contributed by atoms with Crippen LogP contribution < -0.4 is 10.1 Å². The van der Waals surface area contributed by atoms with Gasteiger partial charge in [-0.3, -0.25) is 9.59 Å². The van der Waals surface area contributed by atoms with Crippen LogP contribution in [-0.4, -0.2) is 49.6 Å². The maximum atomic E-state index is 12.5. The van der Waals surface area contributed by atoms with Crippen molar-refractivity contribution in [1.29, 1.82) is 0 Å². The van der Waals surface area contributed by atoms with E-state index in [0.29, 0.717) is 55.5 Å². The molecule has 1 saturated heterocycles. The first-order chi connectivity index (χ1) is 13.7. The lowest BCUT2D eigenvalue weighted by Gasteiger charge is -2.26. The topological polar surface area (TPSA) is 67.9 Å². The summed E-state index contributed by atoms with van der Waals surface area (Å²) in [6.07, 6.45) is 2.04. The molecular weight excluding hydrogens is 356 g/mol. The van der Waals surface area contributed by atoms with E-state index < -0.39 is 0 Å². The van der Waals surface area contributed by atoms with Gasteiger partial charge in [0.25, 0.3) is 11.8 Å². The molecule has 3 rings (SSSR count). The normalized spacial score (nSPS) is 13.8. The van der Waals surface area contributed by atoms with Crippen molar-refractivity contribution in [2.45, 2.75) is 19.8 Å². The van der Waals surface area contributed by atoms with Crippen molar-refractivity contribution in [1.82, 2.24) is 4.90 Å². The Balaban J connectivity index is 1.59. The number of carbonyl (C=O) groups is 2. The Labute approximate surface area is 165 Å². The second kappa shape index (κ2) is 9.90. The molecule has 2 aromatic carbocycles. The standard InChI is InChI=1S/C22H26N2O4/c1-2-3-13-28-20-6-4-5-18(16-20)21(25)23-19-9-7-17(8-10-19)22(26)24-11-14-27-15-12-24/h4-10,16H,2-3,11-15H2,1H3,(H,23,25). The molecule has 6 nitrogen and oxygen atoms in total. The Kier molecular flexibility index (Phi) is 7.03. The number of benzene rings is 2. The molecule has 2 aromatic rings. The maximum Gasteiger partial charge on any atom is 0.255 e. The molecule has 0 saturated carbocycles. The number of nitrogens with zero attached hydrogens (tertiary/aromatic N) is 1. The molecule has 1 heterocycles. The van der Waals surface area contributed by atoms with E-state index in [-0.39, 0.29) is 11.8 Å². The fourth-order valence-electron chi connectivity index (χ4n) is 2.91. The number of nitrogens with one attached hydrogen (secondary N) is 1. The molecule has 1 aliphatic rings. The highest BCUT2D eigenvalue weighted by atomic mass is 16.5. The SMILES string of the molecule is CCCCOc1cccc(C(=O)Nc2ccc(C(=O)N3CCOCC3)cc2)c1. The minimum atomic E-state index is -0.215. The van der Waals surface area contributed by atoms with E-state index >= 15 is 0 Å². The molecule has 1 N–H and O–H groups in total. The fraction of sp³-hybridized carbons (Fsp3) is 0.364. The monoisotopic (exact) mass is 382 g/mol. The van der Waals surface area contributed by atoms with Gasteiger partial charge in [-0.2, -0.15) is 0 Å². The number of ether oxygens (including phenoxy) is 2. The summed E-state index contributed by atoms with van der Waals surface area (Å²) in [5.41, 5.74) is 1.77. The molecule has 28 heavy (non-hydrogen) atoms. The van der Waals surface area contributed by atoms with Gasteiger partial charge in [0.15, 0.2) is 0 Å². The number of hydrogen-bond donors (Lipinski definition) is 1. The predicted molar refractivity (Wildman–Crippen MR) is 108 cm³/mol. The zero-order valence-corrected chi connectivity index (χ0v) is 16.1. The Bertz CT molecular complexity index is 798. The van der Waals surface area contributed by atoms with Gasteiger partial charge >= 0.3 is 0 Å². The molecular formula is C22H26N2O4. The third-order valence-corrected chi connectivity index (χ3v) is 4.55. The van der Waals surface area contributed by atoms with Crippen LogP contribution in [0, 0.1) is 0 Å². The Morgan fingerprint density at radius 3 is 2.54 bits per heavy atom. The first-order valence-electron chi connectivity index (χ1n) is 9.68. The van der Waals surface area contributed by atoms with Crippen LogP contribution in [0.15, 0.2) is 48.5 Å². The number of anilines is 1. The van der Waals surface area contributed by atoms with Crippen molar-refractivity contribution >= 4 is 17.5 Å². The molecule has 6 heteroatoms. The van der Waals surface area contributed by atoms with Gasteiger partial charge in [0, 0.05) is 29.9 Å². The summed E-state index contributed by atoms with van der Waals surface area (Å²) >= 11 is 0. The van der Waals surface area contributed by atoms with E-state index in [4.69, 9.17) is 9.47 Å². The Hall–Kier alpha value is -2.86. The third-order valence-electron chi connectivity index (χ3n) is 4.55. The van der Waals surface area contributed by atoms with E-state index in [9.17, 15) is 9.59 Å². The summed E-state index contributed by atoms with van der Waals surface area (Å²) in [7, 11) is 0. The quantitative estimate of drug-likeness (QED) is 0.743. The van der Waals surface area contributed by atoms with Crippen LogP contribution in [-0.2, 0) is 4.74 Å². The van der Waals surface area contributed by atoms with Crippen LogP contribution in [0.3, 0.4) is 0 Å². The molecule has 0 aromatic heterocycles. The van der Waals surface area contributed by atoms with Gasteiger partial charge in [0.2, 0.25) is 0 Å². The van der Waals surface area contributed by atoms with E-state index in [1.807, 2.05) is 6.07 Å². The van der Waals surface area contributed by atoms with Crippen molar-refractivity contribution in [2.24, 2.45) is 0 Å².